The van der Waals surface area contributed by atoms with Crippen molar-refractivity contribution in [3.05, 3.63) is 63.7 Å². The van der Waals surface area contributed by atoms with Crippen LogP contribution in [0.1, 0.15) is 18.4 Å². The van der Waals surface area contributed by atoms with Crippen LogP contribution < -0.4 is 4.31 Å². The number of piperidine rings is 1. The van der Waals surface area contributed by atoms with Crippen molar-refractivity contribution in [1.82, 2.24) is 4.90 Å². The summed E-state index contributed by atoms with van der Waals surface area (Å²) in [5, 5.41) is 0. The lowest BCUT2D eigenvalue weighted by atomic mass is 9.90. The maximum absolute atomic E-state index is 12.8. The third-order valence-corrected chi connectivity index (χ3v) is 6.99. The minimum Gasteiger partial charge on any atom is -0.341 e. The van der Waals surface area contributed by atoms with Gasteiger partial charge in [0.15, 0.2) is 0 Å². The normalized spacial score (nSPS) is 15.4. The summed E-state index contributed by atoms with van der Waals surface area (Å²) in [6.45, 7) is 1.21. The Balaban J connectivity index is 1.60. The summed E-state index contributed by atoms with van der Waals surface area (Å²) < 4.78 is 26.7. The minimum atomic E-state index is -3.53. The highest BCUT2D eigenvalue weighted by Gasteiger charge is 2.27. The molecule has 0 saturated carbocycles. The molecule has 0 bridgehead atoms. The first-order chi connectivity index (χ1) is 13.3. The number of likely N-dealkylation sites (tertiary alicyclic amines) is 1. The van der Waals surface area contributed by atoms with Crippen molar-refractivity contribution < 1.29 is 13.2 Å². The molecule has 1 heterocycles. The average Bonchev–Trinajstić information content (AvgIpc) is 2.67. The third kappa shape index (κ3) is 5.70. The van der Waals surface area contributed by atoms with Crippen molar-refractivity contribution in [2.75, 3.05) is 30.2 Å². The standard InChI is InChI=1S/C21H25IN2O3S/c1-28(26,27)24(20-9-7-19(22)8-10-20)16-21(25)23-13-11-18(12-14-23)15-17-5-3-2-4-6-17/h2-10,18H,11-16H2,1H3. The molecule has 0 atom stereocenters. The van der Waals surface area contributed by atoms with Crippen molar-refractivity contribution in [2.24, 2.45) is 5.92 Å². The van der Waals surface area contributed by atoms with Gasteiger partial charge in [0.1, 0.15) is 6.54 Å². The molecule has 1 saturated heterocycles. The van der Waals surface area contributed by atoms with Gasteiger partial charge < -0.3 is 4.90 Å². The number of carbonyl (C=O) groups is 1. The molecule has 2 aromatic carbocycles. The molecule has 0 aliphatic carbocycles. The Hall–Kier alpha value is -1.61. The van der Waals surface area contributed by atoms with Crippen LogP contribution in [0.3, 0.4) is 0 Å². The van der Waals surface area contributed by atoms with Crippen molar-refractivity contribution in [3.8, 4) is 0 Å². The van der Waals surface area contributed by atoms with E-state index in [1.165, 1.54) is 9.87 Å². The molecule has 1 amide bonds. The fourth-order valence-corrected chi connectivity index (χ4v) is 4.77. The van der Waals surface area contributed by atoms with E-state index in [1.54, 1.807) is 17.0 Å². The van der Waals surface area contributed by atoms with E-state index in [0.717, 1.165) is 29.1 Å². The number of hydrogen-bond acceptors (Lipinski definition) is 3. The summed E-state index contributed by atoms with van der Waals surface area (Å²) in [5.41, 5.74) is 1.85. The molecule has 0 spiro atoms. The summed E-state index contributed by atoms with van der Waals surface area (Å²) >= 11 is 2.17. The van der Waals surface area contributed by atoms with Crippen LogP contribution in [-0.4, -0.2) is 45.1 Å². The van der Waals surface area contributed by atoms with Crippen LogP contribution in [0.15, 0.2) is 54.6 Å². The van der Waals surface area contributed by atoms with Gasteiger partial charge in [-0.3, -0.25) is 9.10 Å². The summed E-state index contributed by atoms with van der Waals surface area (Å²) in [4.78, 5) is 14.6. The number of benzene rings is 2. The Labute approximate surface area is 180 Å². The molecular formula is C21H25IN2O3S. The minimum absolute atomic E-state index is 0.137. The van der Waals surface area contributed by atoms with Crippen molar-refractivity contribution in [3.63, 3.8) is 0 Å². The smallest absolute Gasteiger partial charge is 0.243 e. The third-order valence-electron chi connectivity index (χ3n) is 5.13. The molecule has 3 rings (SSSR count). The zero-order chi connectivity index (χ0) is 20.1. The maximum Gasteiger partial charge on any atom is 0.243 e. The SMILES string of the molecule is CS(=O)(=O)N(CC(=O)N1CCC(Cc2ccccc2)CC1)c1ccc(I)cc1. The molecule has 0 aromatic heterocycles. The summed E-state index contributed by atoms with van der Waals surface area (Å²) in [6, 6.07) is 17.6. The van der Waals surface area contributed by atoms with Gasteiger partial charge in [0.25, 0.3) is 0 Å². The molecule has 0 unspecified atom stereocenters. The number of sulfonamides is 1. The van der Waals surface area contributed by atoms with E-state index < -0.39 is 10.0 Å². The Morgan fingerprint density at radius 1 is 1.07 bits per heavy atom. The first-order valence-electron chi connectivity index (χ1n) is 9.38. The van der Waals surface area contributed by atoms with Gasteiger partial charge in [0.05, 0.1) is 11.9 Å². The zero-order valence-electron chi connectivity index (χ0n) is 15.9. The molecule has 150 valence electrons. The molecule has 0 radical (unpaired) electrons. The van der Waals surface area contributed by atoms with Crippen molar-refractivity contribution >= 4 is 44.2 Å². The Bertz CT molecular complexity index is 893. The van der Waals surface area contributed by atoms with Gasteiger partial charge >= 0.3 is 0 Å². The van der Waals surface area contributed by atoms with E-state index >= 15 is 0 Å². The second kappa shape index (κ2) is 9.26. The van der Waals surface area contributed by atoms with Crippen LogP contribution in [0.25, 0.3) is 0 Å². The van der Waals surface area contributed by atoms with Crippen LogP contribution >= 0.6 is 22.6 Å². The van der Waals surface area contributed by atoms with Crippen LogP contribution in [-0.2, 0) is 21.2 Å². The van der Waals surface area contributed by atoms with Gasteiger partial charge in [0, 0.05) is 16.7 Å². The van der Waals surface area contributed by atoms with Gasteiger partial charge in [-0.05, 0) is 77.6 Å². The molecule has 7 heteroatoms. The summed E-state index contributed by atoms with van der Waals surface area (Å²) in [7, 11) is -3.53. The fourth-order valence-electron chi connectivity index (χ4n) is 3.56. The lowest BCUT2D eigenvalue weighted by molar-refractivity contribution is -0.130. The second-order valence-electron chi connectivity index (χ2n) is 7.26. The monoisotopic (exact) mass is 512 g/mol. The van der Waals surface area contributed by atoms with E-state index in [2.05, 4.69) is 46.9 Å². The average molecular weight is 512 g/mol. The van der Waals surface area contributed by atoms with Crippen LogP contribution in [0.5, 0.6) is 0 Å². The van der Waals surface area contributed by atoms with Crippen LogP contribution in [0, 0.1) is 9.49 Å². The molecule has 1 aliphatic heterocycles. The lowest BCUT2D eigenvalue weighted by Crippen LogP contribution is -2.45. The van der Waals surface area contributed by atoms with Crippen molar-refractivity contribution in [2.45, 2.75) is 19.3 Å². The fraction of sp³-hybridized carbons (Fsp3) is 0.381. The topological polar surface area (TPSA) is 57.7 Å². The van der Waals surface area contributed by atoms with E-state index in [0.29, 0.717) is 24.7 Å². The first kappa shape index (κ1) is 21.1. The van der Waals surface area contributed by atoms with E-state index in [9.17, 15) is 13.2 Å². The Morgan fingerprint density at radius 2 is 1.68 bits per heavy atom. The highest BCUT2D eigenvalue weighted by Crippen LogP contribution is 2.23. The number of carbonyl (C=O) groups excluding carboxylic acids is 1. The molecule has 1 fully saturated rings. The zero-order valence-corrected chi connectivity index (χ0v) is 18.9. The van der Waals surface area contributed by atoms with Crippen molar-refractivity contribution in [1.29, 1.82) is 0 Å². The number of anilines is 1. The highest BCUT2D eigenvalue weighted by molar-refractivity contribution is 14.1. The molecule has 28 heavy (non-hydrogen) atoms. The van der Waals surface area contributed by atoms with Gasteiger partial charge in [-0.1, -0.05) is 30.3 Å². The second-order valence-corrected chi connectivity index (χ2v) is 10.4. The number of amides is 1. The number of hydrogen-bond donors (Lipinski definition) is 0. The predicted molar refractivity (Wildman–Crippen MR) is 121 cm³/mol. The summed E-state index contributed by atoms with van der Waals surface area (Å²) in [5.74, 6) is 0.427. The molecule has 5 nitrogen and oxygen atoms in total. The quantitative estimate of drug-likeness (QED) is 0.557. The highest BCUT2D eigenvalue weighted by atomic mass is 127. The Morgan fingerprint density at radius 3 is 2.25 bits per heavy atom. The van der Waals surface area contributed by atoms with Gasteiger partial charge in [-0.2, -0.15) is 0 Å². The van der Waals surface area contributed by atoms with E-state index in [1.807, 2.05) is 18.2 Å². The summed E-state index contributed by atoms with van der Waals surface area (Å²) in [6.07, 6.45) is 4.07. The molecule has 0 N–H and O–H groups in total. The predicted octanol–water partition coefficient (Wildman–Crippen LogP) is 3.54. The van der Waals surface area contributed by atoms with Gasteiger partial charge in [-0.15, -0.1) is 0 Å². The lowest BCUT2D eigenvalue weighted by Gasteiger charge is -2.33. The number of halogens is 1. The largest absolute Gasteiger partial charge is 0.341 e. The number of rotatable bonds is 6. The van der Waals surface area contributed by atoms with E-state index in [-0.39, 0.29) is 12.5 Å². The first-order valence-corrected chi connectivity index (χ1v) is 12.3. The maximum atomic E-state index is 12.8. The van der Waals surface area contributed by atoms with E-state index in [4.69, 9.17) is 0 Å². The van der Waals surface area contributed by atoms with Crippen LogP contribution in [0.2, 0.25) is 0 Å². The number of nitrogens with zero attached hydrogens (tertiary/aromatic N) is 2. The van der Waals surface area contributed by atoms with Gasteiger partial charge in [0.2, 0.25) is 15.9 Å². The van der Waals surface area contributed by atoms with Crippen LogP contribution in [0.4, 0.5) is 5.69 Å². The van der Waals surface area contributed by atoms with Gasteiger partial charge in [-0.25, -0.2) is 8.42 Å². The molecular weight excluding hydrogens is 487 g/mol. The molecule has 1 aliphatic rings. The Kier molecular flexibility index (Phi) is 6.98. The molecule has 2 aromatic rings.